The van der Waals surface area contributed by atoms with Crippen LogP contribution in [0.2, 0.25) is 5.02 Å². The molecule has 2 heterocycles. The second kappa shape index (κ2) is 9.36. The Kier molecular flexibility index (Phi) is 6.47. The van der Waals surface area contributed by atoms with Crippen LogP contribution in [0.3, 0.4) is 0 Å². The summed E-state index contributed by atoms with van der Waals surface area (Å²) in [7, 11) is -4.37. The largest absolute Gasteiger partial charge is 0.457 e. The van der Waals surface area contributed by atoms with Gasteiger partial charge in [-0.3, -0.25) is 4.72 Å². The van der Waals surface area contributed by atoms with E-state index in [1.807, 2.05) is 0 Å². The highest BCUT2D eigenvalue weighted by Crippen LogP contribution is 2.39. The molecule has 0 bridgehead atoms. The molecule has 1 atom stereocenters. The van der Waals surface area contributed by atoms with Crippen molar-refractivity contribution in [3.63, 3.8) is 0 Å². The van der Waals surface area contributed by atoms with Crippen LogP contribution in [0, 0.1) is 11.3 Å². The zero-order chi connectivity index (χ0) is 25.2. The minimum atomic E-state index is -4.94. The Labute approximate surface area is 202 Å². The Morgan fingerprint density at radius 1 is 1.00 bits per heavy atom. The van der Waals surface area contributed by atoms with Crippen LogP contribution >= 0.6 is 11.6 Å². The van der Waals surface area contributed by atoms with Gasteiger partial charge in [0.1, 0.15) is 16.7 Å². The molecule has 0 aliphatic carbocycles. The van der Waals surface area contributed by atoms with E-state index >= 15 is 0 Å². The van der Waals surface area contributed by atoms with Gasteiger partial charge in [-0.1, -0.05) is 41.9 Å². The van der Waals surface area contributed by atoms with Crippen LogP contribution in [0.4, 0.5) is 19.0 Å². The van der Waals surface area contributed by atoms with Gasteiger partial charge < -0.3 is 4.74 Å². The van der Waals surface area contributed by atoms with E-state index in [1.165, 1.54) is 36.4 Å². The van der Waals surface area contributed by atoms with Crippen LogP contribution in [0.15, 0.2) is 71.8 Å². The number of nitrogens with zero attached hydrogens (tertiary/aromatic N) is 4. The van der Waals surface area contributed by atoms with E-state index < -0.39 is 39.6 Å². The van der Waals surface area contributed by atoms with Crippen LogP contribution < -0.4 is 9.46 Å². The second-order valence-corrected chi connectivity index (χ2v) is 9.09. The first-order valence-corrected chi connectivity index (χ1v) is 11.6. The van der Waals surface area contributed by atoms with Crippen LogP contribution in [-0.4, -0.2) is 29.5 Å². The summed E-state index contributed by atoms with van der Waals surface area (Å²) < 4.78 is 75.1. The molecule has 0 amide bonds. The predicted molar refractivity (Wildman–Crippen MR) is 120 cm³/mol. The third-order valence-corrected chi connectivity index (χ3v) is 6.46. The molecule has 0 saturated carbocycles. The van der Waals surface area contributed by atoms with Gasteiger partial charge in [0.15, 0.2) is 0 Å². The number of fused-ring (bicyclic) bond motifs is 1. The topological polar surface area (TPSA) is 118 Å². The molecule has 1 N–H and O–H groups in total. The Hall–Kier alpha value is -3.95. The molecule has 2 aromatic carbocycles. The van der Waals surface area contributed by atoms with Crippen molar-refractivity contribution in [2.75, 3.05) is 4.72 Å². The molecule has 0 radical (unpaired) electrons. The van der Waals surface area contributed by atoms with Gasteiger partial charge in [0.05, 0.1) is 16.1 Å². The van der Waals surface area contributed by atoms with Crippen molar-refractivity contribution in [3.05, 3.63) is 83.1 Å². The summed E-state index contributed by atoms with van der Waals surface area (Å²) >= 11 is 5.99. The quantitative estimate of drug-likeness (QED) is 0.379. The number of hydrogen-bond donors (Lipinski definition) is 1. The van der Waals surface area contributed by atoms with Gasteiger partial charge in [-0.15, -0.1) is 0 Å². The SMILES string of the molecule is N#Cc1ccc(C(Oc2nc3ccccc3nc2NS(=O)(=O)c2ccccc2Cl)C(F)(F)F)cn1. The highest BCUT2D eigenvalue weighted by molar-refractivity contribution is 7.92. The van der Waals surface area contributed by atoms with Gasteiger partial charge in [-0.2, -0.15) is 18.4 Å². The number of pyridine rings is 1. The van der Waals surface area contributed by atoms with E-state index in [0.717, 1.165) is 18.3 Å². The molecular weight excluding hydrogens is 507 g/mol. The molecule has 0 saturated heterocycles. The zero-order valence-corrected chi connectivity index (χ0v) is 18.9. The number of ether oxygens (including phenoxy) is 1. The van der Waals surface area contributed by atoms with E-state index in [4.69, 9.17) is 21.6 Å². The monoisotopic (exact) mass is 519 g/mol. The summed E-state index contributed by atoms with van der Waals surface area (Å²) in [4.78, 5) is 11.5. The van der Waals surface area contributed by atoms with Crippen molar-refractivity contribution in [2.24, 2.45) is 0 Å². The van der Waals surface area contributed by atoms with Gasteiger partial charge in [0.2, 0.25) is 11.9 Å². The van der Waals surface area contributed by atoms with E-state index in [9.17, 15) is 21.6 Å². The van der Waals surface area contributed by atoms with E-state index in [2.05, 4.69) is 19.7 Å². The van der Waals surface area contributed by atoms with Crippen molar-refractivity contribution >= 4 is 38.5 Å². The Bertz CT molecular complexity index is 1540. The van der Waals surface area contributed by atoms with Crippen molar-refractivity contribution in [1.29, 1.82) is 5.26 Å². The highest BCUT2D eigenvalue weighted by atomic mass is 35.5. The number of aromatic nitrogens is 3. The summed E-state index contributed by atoms with van der Waals surface area (Å²) in [5.41, 5.74) is -0.137. The summed E-state index contributed by atoms with van der Waals surface area (Å²) in [5, 5.41) is 8.76. The van der Waals surface area contributed by atoms with Crippen molar-refractivity contribution in [3.8, 4) is 11.9 Å². The highest BCUT2D eigenvalue weighted by Gasteiger charge is 2.44. The molecule has 0 aliphatic heterocycles. The van der Waals surface area contributed by atoms with Crippen LogP contribution in [0.1, 0.15) is 17.4 Å². The van der Waals surface area contributed by atoms with Crippen LogP contribution in [0.5, 0.6) is 5.88 Å². The first-order valence-electron chi connectivity index (χ1n) is 9.72. The number of benzene rings is 2. The molecule has 35 heavy (non-hydrogen) atoms. The molecule has 2 aromatic heterocycles. The molecule has 8 nitrogen and oxygen atoms in total. The van der Waals surface area contributed by atoms with E-state index in [0.29, 0.717) is 0 Å². The number of hydrogen-bond acceptors (Lipinski definition) is 7. The zero-order valence-electron chi connectivity index (χ0n) is 17.4. The molecule has 4 rings (SSSR count). The van der Waals surface area contributed by atoms with E-state index in [-0.39, 0.29) is 26.6 Å². The number of rotatable bonds is 6. The number of para-hydroxylation sites is 2. The van der Waals surface area contributed by atoms with E-state index in [1.54, 1.807) is 18.2 Å². The Morgan fingerprint density at radius 2 is 1.66 bits per heavy atom. The lowest BCUT2D eigenvalue weighted by Crippen LogP contribution is -2.27. The first-order chi connectivity index (χ1) is 16.6. The normalized spacial score (nSPS) is 12.7. The summed E-state index contributed by atoms with van der Waals surface area (Å²) in [6, 6.07) is 15.5. The third-order valence-electron chi connectivity index (χ3n) is 4.63. The number of anilines is 1. The lowest BCUT2D eigenvalue weighted by Gasteiger charge is -2.22. The summed E-state index contributed by atoms with van der Waals surface area (Å²) in [6.07, 6.45) is -6.68. The molecule has 0 fully saturated rings. The fraction of sp³-hybridized carbons (Fsp3) is 0.0909. The fourth-order valence-corrected chi connectivity index (χ4v) is 4.56. The predicted octanol–water partition coefficient (Wildman–Crippen LogP) is 5.03. The van der Waals surface area contributed by atoms with Gasteiger partial charge in [0, 0.05) is 11.8 Å². The van der Waals surface area contributed by atoms with Gasteiger partial charge in [-0.05, 0) is 30.3 Å². The maximum Gasteiger partial charge on any atom is 0.429 e. The molecule has 4 aromatic rings. The number of halogens is 4. The summed E-state index contributed by atoms with van der Waals surface area (Å²) in [6.45, 7) is 0. The first kappa shape index (κ1) is 24.2. The second-order valence-electron chi connectivity index (χ2n) is 7.03. The maximum atomic E-state index is 14.0. The molecule has 0 spiro atoms. The fourth-order valence-electron chi connectivity index (χ4n) is 3.04. The number of alkyl halides is 3. The van der Waals surface area contributed by atoms with Crippen LogP contribution in [-0.2, 0) is 10.0 Å². The molecule has 0 aliphatic rings. The maximum absolute atomic E-state index is 14.0. The third kappa shape index (κ3) is 5.26. The number of nitriles is 1. The Morgan fingerprint density at radius 3 is 2.26 bits per heavy atom. The van der Waals surface area contributed by atoms with Crippen LogP contribution in [0.25, 0.3) is 11.0 Å². The molecular formula is C22H13ClF3N5O3S. The summed E-state index contributed by atoms with van der Waals surface area (Å²) in [5.74, 6) is -1.29. The molecule has 1 unspecified atom stereocenters. The molecule has 13 heteroatoms. The van der Waals surface area contributed by atoms with Crippen molar-refractivity contribution in [2.45, 2.75) is 17.2 Å². The standard InChI is InChI=1S/C22H13ClF3N5O3S/c23-15-5-1-4-8-18(15)35(32,33)31-20-21(30-17-7-3-2-6-16(17)29-20)34-19(22(24,25)26)13-9-10-14(11-27)28-12-13/h1-10,12,19H,(H,29,31). The average molecular weight is 520 g/mol. The van der Waals surface area contributed by atoms with Crippen molar-refractivity contribution < 1.29 is 26.3 Å². The molecule has 178 valence electrons. The van der Waals surface area contributed by atoms with Crippen molar-refractivity contribution in [1.82, 2.24) is 15.0 Å². The average Bonchev–Trinajstić information content (AvgIpc) is 2.82. The smallest absolute Gasteiger partial charge is 0.429 e. The minimum Gasteiger partial charge on any atom is -0.457 e. The van der Waals surface area contributed by atoms with Gasteiger partial charge >= 0.3 is 6.18 Å². The number of nitrogens with one attached hydrogen (secondary N) is 1. The minimum absolute atomic E-state index is 0.0895. The van der Waals surface area contributed by atoms with Gasteiger partial charge in [0.25, 0.3) is 15.9 Å². The lowest BCUT2D eigenvalue weighted by atomic mass is 10.1. The lowest BCUT2D eigenvalue weighted by molar-refractivity contribution is -0.198. The Balaban J connectivity index is 1.81. The van der Waals surface area contributed by atoms with Gasteiger partial charge in [-0.25, -0.2) is 23.4 Å². The number of sulfonamides is 1.